The first kappa shape index (κ1) is 22.3. The van der Waals surface area contributed by atoms with Crippen LogP contribution in [0.4, 0.5) is 0 Å². The second kappa shape index (κ2) is 10.1. The molecule has 3 rings (SSSR count). The molecule has 0 aliphatic heterocycles. The molecule has 3 aromatic rings. The topological polar surface area (TPSA) is 95.5 Å². The molecule has 0 heterocycles. The minimum absolute atomic E-state index is 0.0982. The van der Waals surface area contributed by atoms with Crippen LogP contribution in [-0.4, -0.2) is 35.0 Å². The summed E-state index contributed by atoms with van der Waals surface area (Å²) in [4.78, 5) is 36.3. The van der Waals surface area contributed by atoms with Gasteiger partial charge in [-0.1, -0.05) is 66.2 Å². The van der Waals surface area contributed by atoms with E-state index in [9.17, 15) is 19.5 Å². The summed E-state index contributed by atoms with van der Waals surface area (Å²) in [7, 11) is 0. The normalized spacial score (nSPS) is 12.7. The fraction of sp³-hybridized carbons (Fsp3) is 0.208. The van der Waals surface area contributed by atoms with E-state index in [1.165, 1.54) is 6.92 Å². The Morgan fingerprint density at radius 1 is 0.839 bits per heavy atom. The lowest BCUT2D eigenvalue weighted by Crippen LogP contribution is -2.52. The maximum Gasteiger partial charge on any atom is 0.326 e. The lowest BCUT2D eigenvalue weighted by molar-refractivity contribution is -0.142. The number of halogens is 1. The number of rotatable bonds is 8. The van der Waals surface area contributed by atoms with Crippen LogP contribution in [0, 0.1) is 0 Å². The maximum atomic E-state index is 12.9. The fourth-order valence-electron chi connectivity index (χ4n) is 3.38. The number of aliphatic carboxylic acids is 1. The summed E-state index contributed by atoms with van der Waals surface area (Å²) in [6.07, 6.45) is 0.338. The molecule has 0 aliphatic carbocycles. The van der Waals surface area contributed by atoms with Gasteiger partial charge in [-0.3, -0.25) is 9.59 Å². The molecule has 160 valence electrons. The number of nitrogens with one attached hydrogen (secondary N) is 2. The van der Waals surface area contributed by atoms with Crippen LogP contribution in [0.15, 0.2) is 66.7 Å². The van der Waals surface area contributed by atoms with Gasteiger partial charge in [0, 0.05) is 24.8 Å². The molecule has 7 heteroatoms. The molecule has 2 amide bonds. The van der Waals surface area contributed by atoms with Gasteiger partial charge in [-0.2, -0.15) is 0 Å². The predicted molar refractivity (Wildman–Crippen MR) is 120 cm³/mol. The van der Waals surface area contributed by atoms with Gasteiger partial charge in [-0.15, -0.1) is 0 Å². The molecule has 0 saturated carbocycles. The van der Waals surface area contributed by atoms with Crippen molar-refractivity contribution in [2.75, 3.05) is 0 Å². The van der Waals surface area contributed by atoms with Crippen LogP contribution in [0.5, 0.6) is 0 Å². The van der Waals surface area contributed by atoms with Crippen LogP contribution in [0.3, 0.4) is 0 Å². The number of carbonyl (C=O) groups excluding carboxylic acids is 2. The van der Waals surface area contributed by atoms with Gasteiger partial charge in [0.1, 0.15) is 12.1 Å². The van der Waals surface area contributed by atoms with Gasteiger partial charge in [-0.25, -0.2) is 4.79 Å². The number of carbonyl (C=O) groups is 3. The van der Waals surface area contributed by atoms with Crippen LogP contribution < -0.4 is 10.6 Å². The number of carboxylic acids is 1. The van der Waals surface area contributed by atoms with E-state index in [1.807, 2.05) is 42.5 Å². The average molecular weight is 439 g/mol. The Balaban J connectivity index is 1.75. The zero-order valence-electron chi connectivity index (χ0n) is 17.0. The average Bonchev–Trinajstić information content (AvgIpc) is 2.73. The van der Waals surface area contributed by atoms with Gasteiger partial charge in [0.2, 0.25) is 11.8 Å². The summed E-state index contributed by atoms with van der Waals surface area (Å²) in [6, 6.07) is 18.4. The molecule has 0 fully saturated rings. The Morgan fingerprint density at radius 3 is 2.10 bits per heavy atom. The van der Waals surface area contributed by atoms with Gasteiger partial charge in [0.05, 0.1) is 0 Å². The van der Waals surface area contributed by atoms with E-state index in [0.29, 0.717) is 5.02 Å². The Morgan fingerprint density at radius 2 is 1.45 bits per heavy atom. The minimum Gasteiger partial charge on any atom is -0.480 e. The molecule has 0 bridgehead atoms. The van der Waals surface area contributed by atoms with Crippen LogP contribution in [-0.2, 0) is 27.2 Å². The van der Waals surface area contributed by atoms with Crippen molar-refractivity contribution in [3.63, 3.8) is 0 Å². The number of amides is 2. The quantitative estimate of drug-likeness (QED) is 0.502. The molecule has 31 heavy (non-hydrogen) atoms. The van der Waals surface area contributed by atoms with Crippen molar-refractivity contribution in [2.24, 2.45) is 0 Å². The smallest absolute Gasteiger partial charge is 0.326 e. The molecule has 0 aromatic heterocycles. The first-order chi connectivity index (χ1) is 14.8. The first-order valence-corrected chi connectivity index (χ1v) is 10.2. The van der Waals surface area contributed by atoms with E-state index in [1.54, 1.807) is 24.3 Å². The lowest BCUT2D eigenvalue weighted by Gasteiger charge is -2.21. The molecular weight excluding hydrogens is 416 g/mol. The summed E-state index contributed by atoms with van der Waals surface area (Å²) >= 11 is 5.87. The van der Waals surface area contributed by atoms with Gasteiger partial charge >= 0.3 is 5.97 Å². The Hall–Kier alpha value is -3.38. The summed E-state index contributed by atoms with van der Waals surface area (Å²) in [6.45, 7) is 1.32. The van der Waals surface area contributed by atoms with Crippen molar-refractivity contribution in [1.82, 2.24) is 10.6 Å². The van der Waals surface area contributed by atoms with E-state index in [2.05, 4.69) is 10.6 Å². The molecule has 6 nitrogen and oxygen atoms in total. The molecule has 0 spiro atoms. The number of benzene rings is 3. The van der Waals surface area contributed by atoms with E-state index in [0.717, 1.165) is 21.9 Å². The van der Waals surface area contributed by atoms with Crippen LogP contribution in [0.1, 0.15) is 18.1 Å². The lowest BCUT2D eigenvalue weighted by atomic mass is 10.00. The van der Waals surface area contributed by atoms with Crippen molar-refractivity contribution >= 4 is 40.2 Å². The number of hydrogen-bond acceptors (Lipinski definition) is 3. The fourth-order valence-corrected chi connectivity index (χ4v) is 3.51. The van der Waals surface area contributed by atoms with Gasteiger partial charge in [-0.05, 0) is 34.0 Å². The molecule has 0 saturated heterocycles. The summed E-state index contributed by atoms with van der Waals surface area (Å²) in [5.74, 6) is -2.08. The van der Waals surface area contributed by atoms with Crippen LogP contribution in [0.2, 0.25) is 5.02 Å². The third-order valence-electron chi connectivity index (χ3n) is 4.92. The molecule has 0 aliphatic rings. The summed E-state index contributed by atoms with van der Waals surface area (Å²) < 4.78 is 0. The minimum atomic E-state index is -1.16. The highest BCUT2D eigenvalue weighted by Crippen LogP contribution is 2.17. The van der Waals surface area contributed by atoms with E-state index >= 15 is 0 Å². The maximum absolute atomic E-state index is 12.9. The zero-order valence-corrected chi connectivity index (χ0v) is 17.7. The van der Waals surface area contributed by atoms with Gasteiger partial charge < -0.3 is 15.7 Å². The highest BCUT2D eigenvalue weighted by atomic mass is 35.5. The SMILES string of the molecule is CC(=O)N[C@H](Cc1ccc2ccccc2c1)C(=O)N[C@H](Cc1ccc(Cl)cc1)C(=O)O. The van der Waals surface area contributed by atoms with Crippen molar-refractivity contribution in [1.29, 1.82) is 0 Å². The van der Waals surface area contributed by atoms with Crippen molar-refractivity contribution in [2.45, 2.75) is 31.8 Å². The van der Waals surface area contributed by atoms with Crippen molar-refractivity contribution in [3.8, 4) is 0 Å². The second-order valence-electron chi connectivity index (χ2n) is 7.37. The number of carboxylic acid groups (broad SMARTS) is 1. The third-order valence-corrected chi connectivity index (χ3v) is 5.17. The highest BCUT2D eigenvalue weighted by Gasteiger charge is 2.26. The van der Waals surface area contributed by atoms with Crippen molar-refractivity contribution < 1.29 is 19.5 Å². The van der Waals surface area contributed by atoms with Crippen molar-refractivity contribution in [3.05, 3.63) is 82.9 Å². The first-order valence-electron chi connectivity index (χ1n) is 9.84. The molecule has 0 unspecified atom stereocenters. The standard InChI is InChI=1S/C24H23ClN2O4/c1-15(28)26-21(14-17-6-9-18-4-2-3-5-19(18)12-17)23(29)27-22(24(30)31)13-16-7-10-20(25)11-8-16/h2-12,21-22H,13-14H2,1H3,(H,26,28)(H,27,29)(H,30,31)/t21-,22-/m1/s1. The van der Waals surface area contributed by atoms with Crippen LogP contribution >= 0.6 is 11.6 Å². The molecule has 3 aromatic carbocycles. The molecular formula is C24H23ClN2O4. The Bertz CT molecular complexity index is 1100. The second-order valence-corrected chi connectivity index (χ2v) is 7.81. The largest absolute Gasteiger partial charge is 0.480 e. The van der Waals surface area contributed by atoms with E-state index in [-0.39, 0.29) is 18.7 Å². The van der Waals surface area contributed by atoms with Crippen LogP contribution in [0.25, 0.3) is 10.8 Å². The van der Waals surface area contributed by atoms with E-state index < -0.39 is 24.0 Å². The summed E-state index contributed by atoms with van der Waals surface area (Å²) in [5.41, 5.74) is 1.58. The van der Waals surface area contributed by atoms with Gasteiger partial charge in [0.15, 0.2) is 0 Å². The van der Waals surface area contributed by atoms with Gasteiger partial charge in [0.25, 0.3) is 0 Å². The predicted octanol–water partition coefficient (Wildman–Crippen LogP) is 3.35. The molecule has 3 N–H and O–H groups in total. The number of fused-ring (bicyclic) bond motifs is 1. The third kappa shape index (κ3) is 6.30. The molecule has 0 radical (unpaired) electrons. The number of hydrogen-bond donors (Lipinski definition) is 3. The molecule has 2 atom stereocenters. The Kier molecular flexibility index (Phi) is 7.26. The Labute approximate surface area is 185 Å². The van der Waals surface area contributed by atoms with E-state index in [4.69, 9.17) is 11.6 Å². The highest BCUT2D eigenvalue weighted by molar-refractivity contribution is 6.30. The summed E-state index contributed by atoms with van der Waals surface area (Å²) in [5, 5.41) is 17.4. The zero-order chi connectivity index (χ0) is 22.4. The monoisotopic (exact) mass is 438 g/mol.